The van der Waals surface area contributed by atoms with Gasteiger partial charge < -0.3 is 10.1 Å². The topological polar surface area (TPSA) is 55.4 Å². The van der Waals surface area contributed by atoms with E-state index in [0.29, 0.717) is 11.4 Å². The molecule has 3 aromatic carbocycles. The van der Waals surface area contributed by atoms with Gasteiger partial charge in [0, 0.05) is 11.4 Å². The predicted octanol–water partition coefficient (Wildman–Crippen LogP) is 3.94. The van der Waals surface area contributed by atoms with Crippen molar-refractivity contribution in [3.8, 4) is 0 Å². The molecule has 0 aliphatic rings. The lowest BCUT2D eigenvalue weighted by Crippen LogP contribution is -2.43. The molecule has 138 valence electrons. The van der Waals surface area contributed by atoms with Gasteiger partial charge in [-0.25, -0.2) is 4.79 Å². The number of amides is 1. The summed E-state index contributed by atoms with van der Waals surface area (Å²) in [4.78, 5) is 24.6. The van der Waals surface area contributed by atoms with E-state index in [1.54, 1.807) is 12.1 Å². The molecule has 0 unspecified atom stereocenters. The summed E-state index contributed by atoms with van der Waals surface area (Å²) in [6.07, 6.45) is 0.534. The molecule has 0 saturated heterocycles. The zero-order valence-electron chi connectivity index (χ0n) is 14.9. The van der Waals surface area contributed by atoms with Crippen LogP contribution < -0.4 is 5.32 Å². The van der Waals surface area contributed by atoms with Crippen molar-refractivity contribution < 1.29 is 14.3 Å². The summed E-state index contributed by atoms with van der Waals surface area (Å²) in [5.74, 6) is -0.702. The molecule has 1 N–H and O–H groups in total. The largest absolute Gasteiger partial charge is 0.467 e. The van der Waals surface area contributed by atoms with Crippen LogP contribution in [-0.4, -0.2) is 25.0 Å². The van der Waals surface area contributed by atoms with Crippen molar-refractivity contribution in [3.63, 3.8) is 0 Å². The molecular formula is C22H20ClNO3. The average molecular weight is 382 g/mol. The van der Waals surface area contributed by atoms with E-state index in [1.807, 2.05) is 54.6 Å². The quantitative estimate of drug-likeness (QED) is 0.658. The van der Waals surface area contributed by atoms with Crippen LogP contribution in [-0.2, 0) is 27.2 Å². The highest BCUT2D eigenvalue weighted by molar-refractivity contribution is 6.30. The Kier molecular flexibility index (Phi) is 6.09. The molecule has 0 saturated carbocycles. The maximum Gasteiger partial charge on any atom is 0.328 e. The lowest BCUT2D eigenvalue weighted by molar-refractivity contribution is -0.145. The Morgan fingerprint density at radius 3 is 2.33 bits per heavy atom. The second-order valence-electron chi connectivity index (χ2n) is 6.33. The van der Waals surface area contributed by atoms with Gasteiger partial charge in [0.2, 0.25) is 5.91 Å². The third-order valence-electron chi connectivity index (χ3n) is 4.35. The minimum absolute atomic E-state index is 0.193. The molecule has 4 nitrogen and oxygen atoms in total. The molecule has 1 amide bonds. The summed E-state index contributed by atoms with van der Waals surface area (Å²) >= 11 is 5.89. The van der Waals surface area contributed by atoms with Crippen LogP contribution in [0.1, 0.15) is 11.1 Å². The van der Waals surface area contributed by atoms with Gasteiger partial charge in [0.1, 0.15) is 6.04 Å². The number of hydrogen-bond donors (Lipinski definition) is 1. The van der Waals surface area contributed by atoms with E-state index < -0.39 is 12.0 Å². The third-order valence-corrected chi connectivity index (χ3v) is 4.60. The maximum atomic E-state index is 12.5. The van der Waals surface area contributed by atoms with E-state index in [9.17, 15) is 9.59 Å². The van der Waals surface area contributed by atoms with Crippen LogP contribution in [0.4, 0.5) is 0 Å². The van der Waals surface area contributed by atoms with Gasteiger partial charge in [-0.15, -0.1) is 0 Å². The Morgan fingerprint density at radius 2 is 1.63 bits per heavy atom. The van der Waals surface area contributed by atoms with Gasteiger partial charge in [-0.1, -0.05) is 66.2 Å². The molecule has 5 heteroatoms. The van der Waals surface area contributed by atoms with Crippen molar-refractivity contribution >= 4 is 34.2 Å². The molecular weight excluding hydrogens is 362 g/mol. The highest BCUT2D eigenvalue weighted by Gasteiger charge is 2.22. The SMILES string of the molecule is COC(=O)[C@@H](Cc1ccc(Cl)cc1)NC(=O)Cc1ccc2ccccc2c1. The summed E-state index contributed by atoms with van der Waals surface area (Å²) in [5.41, 5.74) is 1.78. The van der Waals surface area contributed by atoms with Crippen molar-refractivity contribution in [1.29, 1.82) is 0 Å². The van der Waals surface area contributed by atoms with Crippen molar-refractivity contribution in [3.05, 3.63) is 82.9 Å². The summed E-state index contributed by atoms with van der Waals surface area (Å²) in [7, 11) is 1.31. The number of methoxy groups -OCH3 is 1. The van der Waals surface area contributed by atoms with E-state index in [0.717, 1.165) is 21.9 Å². The summed E-state index contributed by atoms with van der Waals surface area (Å²) in [6.45, 7) is 0. The molecule has 3 aromatic rings. The molecule has 0 bridgehead atoms. The second kappa shape index (κ2) is 8.69. The number of esters is 1. The van der Waals surface area contributed by atoms with Gasteiger partial charge in [-0.05, 0) is 34.0 Å². The second-order valence-corrected chi connectivity index (χ2v) is 6.77. The van der Waals surface area contributed by atoms with Gasteiger partial charge in [0.25, 0.3) is 0 Å². The first kappa shape index (κ1) is 18.9. The van der Waals surface area contributed by atoms with Gasteiger partial charge in [-0.2, -0.15) is 0 Å². The first-order valence-electron chi connectivity index (χ1n) is 8.64. The minimum Gasteiger partial charge on any atom is -0.467 e. The zero-order valence-corrected chi connectivity index (χ0v) is 15.7. The van der Waals surface area contributed by atoms with E-state index in [-0.39, 0.29) is 12.3 Å². The van der Waals surface area contributed by atoms with E-state index in [2.05, 4.69) is 5.32 Å². The van der Waals surface area contributed by atoms with Crippen molar-refractivity contribution in [2.45, 2.75) is 18.9 Å². The van der Waals surface area contributed by atoms with Crippen LogP contribution in [0.3, 0.4) is 0 Å². The minimum atomic E-state index is -0.746. The number of halogens is 1. The molecule has 1 atom stereocenters. The smallest absolute Gasteiger partial charge is 0.328 e. The van der Waals surface area contributed by atoms with Crippen molar-refractivity contribution in [1.82, 2.24) is 5.32 Å². The number of fused-ring (bicyclic) bond motifs is 1. The van der Waals surface area contributed by atoms with Crippen LogP contribution >= 0.6 is 11.6 Å². The summed E-state index contributed by atoms with van der Waals surface area (Å²) in [6, 6.07) is 20.3. The molecule has 0 radical (unpaired) electrons. The Labute approximate surface area is 163 Å². The average Bonchev–Trinajstić information content (AvgIpc) is 2.68. The highest BCUT2D eigenvalue weighted by atomic mass is 35.5. The van der Waals surface area contributed by atoms with Crippen molar-refractivity contribution in [2.75, 3.05) is 7.11 Å². The predicted molar refractivity (Wildman–Crippen MR) is 107 cm³/mol. The lowest BCUT2D eigenvalue weighted by Gasteiger charge is -2.17. The first-order valence-corrected chi connectivity index (χ1v) is 9.02. The zero-order chi connectivity index (χ0) is 19.2. The Morgan fingerprint density at radius 1 is 0.963 bits per heavy atom. The van der Waals surface area contributed by atoms with Crippen LogP contribution in [0.5, 0.6) is 0 Å². The number of ether oxygens (including phenoxy) is 1. The number of carbonyl (C=O) groups excluding carboxylic acids is 2. The van der Waals surface area contributed by atoms with Gasteiger partial charge in [-0.3, -0.25) is 4.79 Å². The summed E-state index contributed by atoms with van der Waals surface area (Å²) < 4.78 is 4.84. The fourth-order valence-corrected chi connectivity index (χ4v) is 3.10. The summed E-state index contributed by atoms with van der Waals surface area (Å²) in [5, 5.41) is 5.60. The van der Waals surface area contributed by atoms with Crippen LogP contribution in [0, 0.1) is 0 Å². The third kappa shape index (κ3) is 5.08. The number of benzene rings is 3. The van der Waals surface area contributed by atoms with E-state index in [1.165, 1.54) is 7.11 Å². The van der Waals surface area contributed by atoms with E-state index >= 15 is 0 Å². The normalized spacial score (nSPS) is 11.8. The van der Waals surface area contributed by atoms with Gasteiger partial charge >= 0.3 is 5.97 Å². The Hall–Kier alpha value is -2.85. The Bertz CT molecular complexity index is 953. The fraction of sp³-hybridized carbons (Fsp3) is 0.182. The molecule has 0 fully saturated rings. The fourth-order valence-electron chi connectivity index (χ4n) is 2.97. The highest BCUT2D eigenvalue weighted by Crippen LogP contribution is 2.16. The van der Waals surface area contributed by atoms with Gasteiger partial charge in [0.15, 0.2) is 0 Å². The number of nitrogens with one attached hydrogen (secondary N) is 1. The lowest BCUT2D eigenvalue weighted by atomic mass is 10.0. The maximum absolute atomic E-state index is 12.5. The molecule has 27 heavy (non-hydrogen) atoms. The molecule has 0 spiro atoms. The monoisotopic (exact) mass is 381 g/mol. The Balaban J connectivity index is 1.69. The molecule has 0 aliphatic carbocycles. The molecule has 0 heterocycles. The molecule has 0 aliphatic heterocycles. The number of rotatable bonds is 6. The van der Waals surface area contributed by atoms with Crippen LogP contribution in [0.15, 0.2) is 66.7 Å². The van der Waals surface area contributed by atoms with Crippen LogP contribution in [0.25, 0.3) is 10.8 Å². The van der Waals surface area contributed by atoms with Gasteiger partial charge in [0.05, 0.1) is 13.5 Å². The molecule has 0 aromatic heterocycles. The number of hydrogen-bond acceptors (Lipinski definition) is 3. The first-order chi connectivity index (χ1) is 13.0. The van der Waals surface area contributed by atoms with Crippen LogP contribution in [0.2, 0.25) is 5.02 Å². The van der Waals surface area contributed by atoms with Crippen molar-refractivity contribution in [2.24, 2.45) is 0 Å². The number of carbonyl (C=O) groups is 2. The molecule has 3 rings (SSSR count). The standard InChI is InChI=1S/C22H20ClNO3/c1-27-22(26)20(13-15-7-10-19(23)11-8-15)24-21(25)14-16-6-9-17-4-2-3-5-18(17)12-16/h2-12,20H,13-14H2,1H3,(H,24,25)/t20-/m1/s1. The van der Waals surface area contributed by atoms with E-state index in [4.69, 9.17) is 16.3 Å².